The molecule has 3 rings (SSSR count). The minimum Gasteiger partial charge on any atom is -0.319 e. The third-order valence-corrected chi connectivity index (χ3v) is 4.50. The fourth-order valence-corrected chi connectivity index (χ4v) is 2.93. The number of benzene rings is 2. The second-order valence-corrected chi connectivity index (χ2v) is 6.40. The summed E-state index contributed by atoms with van der Waals surface area (Å²) in [6, 6.07) is 8.03. The molecule has 0 spiro atoms. The summed E-state index contributed by atoms with van der Waals surface area (Å²) >= 11 is 0.788. The van der Waals surface area contributed by atoms with Gasteiger partial charge in [-0.15, -0.1) is 11.3 Å². The summed E-state index contributed by atoms with van der Waals surface area (Å²) in [5.41, 5.74) is -0.427. The molecule has 0 bridgehead atoms. The maximum atomic E-state index is 13.6. The van der Waals surface area contributed by atoms with E-state index >= 15 is 0 Å². The van der Waals surface area contributed by atoms with E-state index in [0.717, 1.165) is 35.6 Å². The van der Waals surface area contributed by atoms with Gasteiger partial charge in [0.15, 0.2) is 0 Å². The highest BCUT2D eigenvalue weighted by molar-refractivity contribution is 7.16. The number of thiophene rings is 1. The third kappa shape index (κ3) is 4.32. The predicted molar refractivity (Wildman–Crippen MR) is 92.9 cm³/mol. The van der Waals surface area contributed by atoms with E-state index < -0.39 is 35.1 Å². The van der Waals surface area contributed by atoms with Crippen LogP contribution in [0.3, 0.4) is 0 Å². The number of carbonyl (C=O) groups excluding carboxylic acids is 2. The van der Waals surface area contributed by atoms with Crippen molar-refractivity contribution in [1.29, 1.82) is 0 Å². The molecule has 0 aliphatic rings. The van der Waals surface area contributed by atoms with Crippen LogP contribution in [0.4, 0.5) is 28.9 Å². The first-order chi connectivity index (χ1) is 12.8. The van der Waals surface area contributed by atoms with E-state index in [1.54, 1.807) is 0 Å². The van der Waals surface area contributed by atoms with E-state index in [1.165, 1.54) is 12.1 Å². The van der Waals surface area contributed by atoms with Crippen LogP contribution in [0.1, 0.15) is 19.3 Å². The van der Waals surface area contributed by atoms with Crippen molar-refractivity contribution in [3.8, 4) is 0 Å². The standard InChI is InChI=1S/C18H10F4N2O2S/c19-9-1-3-13(11(21)7-9)23-17(25)15-5-6-16(27-15)18(26)24-14-4-2-10(20)8-12(14)22/h1-8H,(H,23,25)(H,24,26). The van der Waals surface area contributed by atoms with Crippen molar-refractivity contribution < 1.29 is 27.2 Å². The zero-order valence-corrected chi connectivity index (χ0v) is 14.2. The van der Waals surface area contributed by atoms with Gasteiger partial charge in [-0.1, -0.05) is 0 Å². The fourth-order valence-electron chi connectivity index (χ4n) is 2.13. The first-order valence-corrected chi connectivity index (χ1v) is 8.28. The predicted octanol–water partition coefficient (Wildman–Crippen LogP) is 4.81. The van der Waals surface area contributed by atoms with Gasteiger partial charge in [0.2, 0.25) is 0 Å². The van der Waals surface area contributed by atoms with Gasteiger partial charge in [0.05, 0.1) is 21.1 Å². The van der Waals surface area contributed by atoms with Crippen molar-refractivity contribution in [3.05, 3.63) is 81.6 Å². The summed E-state index contributed by atoms with van der Waals surface area (Å²) in [7, 11) is 0. The van der Waals surface area contributed by atoms with Crippen LogP contribution in [0.2, 0.25) is 0 Å². The van der Waals surface area contributed by atoms with Crippen LogP contribution in [0.25, 0.3) is 0 Å². The second kappa shape index (κ2) is 7.58. The van der Waals surface area contributed by atoms with Crippen LogP contribution in [0.5, 0.6) is 0 Å². The summed E-state index contributed by atoms with van der Waals surface area (Å²) in [4.78, 5) is 24.5. The largest absolute Gasteiger partial charge is 0.319 e. The number of hydrogen-bond acceptors (Lipinski definition) is 3. The van der Waals surface area contributed by atoms with Crippen LogP contribution in [-0.4, -0.2) is 11.8 Å². The summed E-state index contributed by atoms with van der Waals surface area (Å²) in [6.45, 7) is 0. The van der Waals surface area contributed by atoms with E-state index in [4.69, 9.17) is 0 Å². The van der Waals surface area contributed by atoms with Crippen molar-refractivity contribution in [3.63, 3.8) is 0 Å². The van der Waals surface area contributed by atoms with Gasteiger partial charge in [-0.05, 0) is 36.4 Å². The Morgan fingerprint density at radius 1 is 0.667 bits per heavy atom. The molecule has 0 aliphatic heterocycles. The monoisotopic (exact) mass is 394 g/mol. The lowest BCUT2D eigenvalue weighted by atomic mass is 10.3. The summed E-state index contributed by atoms with van der Waals surface area (Å²) in [5, 5.41) is 4.53. The van der Waals surface area contributed by atoms with Crippen molar-refractivity contribution in [2.45, 2.75) is 0 Å². The van der Waals surface area contributed by atoms with Gasteiger partial charge in [0, 0.05) is 12.1 Å². The van der Waals surface area contributed by atoms with Gasteiger partial charge in [-0.3, -0.25) is 9.59 Å². The van der Waals surface area contributed by atoms with Gasteiger partial charge in [0.25, 0.3) is 11.8 Å². The maximum absolute atomic E-state index is 13.6. The van der Waals surface area contributed by atoms with E-state index in [0.29, 0.717) is 12.1 Å². The lowest BCUT2D eigenvalue weighted by Gasteiger charge is -2.05. The Labute approximate surface area is 154 Å². The average molecular weight is 394 g/mol. The Hall–Kier alpha value is -3.20. The number of carbonyl (C=O) groups is 2. The lowest BCUT2D eigenvalue weighted by Crippen LogP contribution is -2.12. The summed E-state index contributed by atoms with van der Waals surface area (Å²) in [6.07, 6.45) is 0. The van der Waals surface area contributed by atoms with Gasteiger partial charge in [-0.2, -0.15) is 0 Å². The van der Waals surface area contributed by atoms with Gasteiger partial charge in [-0.25, -0.2) is 17.6 Å². The molecule has 3 aromatic rings. The number of nitrogens with one attached hydrogen (secondary N) is 2. The van der Waals surface area contributed by atoms with Crippen LogP contribution >= 0.6 is 11.3 Å². The normalized spacial score (nSPS) is 10.5. The lowest BCUT2D eigenvalue weighted by molar-refractivity contribution is 0.102. The van der Waals surface area contributed by atoms with Gasteiger partial charge in [0.1, 0.15) is 23.3 Å². The molecule has 27 heavy (non-hydrogen) atoms. The van der Waals surface area contributed by atoms with Crippen molar-refractivity contribution in [2.75, 3.05) is 10.6 Å². The molecule has 1 heterocycles. The van der Waals surface area contributed by atoms with E-state index in [9.17, 15) is 27.2 Å². The molecule has 0 fully saturated rings. The average Bonchev–Trinajstić information content (AvgIpc) is 3.10. The number of anilines is 2. The topological polar surface area (TPSA) is 58.2 Å². The van der Waals surface area contributed by atoms with Crippen LogP contribution in [0.15, 0.2) is 48.5 Å². The highest BCUT2D eigenvalue weighted by Gasteiger charge is 2.17. The summed E-state index contributed by atoms with van der Waals surface area (Å²) < 4.78 is 53.0. The van der Waals surface area contributed by atoms with E-state index in [-0.39, 0.29) is 21.1 Å². The number of hydrogen-bond donors (Lipinski definition) is 2. The molecule has 2 N–H and O–H groups in total. The molecule has 4 nitrogen and oxygen atoms in total. The minimum absolute atomic E-state index is 0.0865. The van der Waals surface area contributed by atoms with Crippen LogP contribution < -0.4 is 10.6 Å². The molecule has 9 heteroatoms. The SMILES string of the molecule is O=C(Nc1ccc(F)cc1F)c1ccc(C(=O)Nc2ccc(F)cc2F)s1. The Morgan fingerprint density at radius 3 is 1.44 bits per heavy atom. The highest BCUT2D eigenvalue weighted by Crippen LogP contribution is 2.22. The Bertz CT molecular complexity index is 956. The van der Waals surface area contributed by atoms with Gasteiger partial charge < -0.3 is 10.6 Å². The summed E-state index contributed by atoms with van der Waals surface area (Å²) in [5.74, 6) is -4.84. The third-order valence-electron chi connectivity index (χ3n) is 3.41. The molecule has 138 valence electrons. The van der Waals surface area contributed by atoms with Crippen molar-refractivity contribution in [1.82, 2.24) is 0 Å². The molecular weight excluding hydrogens is 384 g/mol. The molecule has 0 atom stereocenters. The van der Waals surface area contributed by atoms with E-state index in [1.807, 2.05) is 0 Å². The molecule has 0 saturated heterocycles. The smallest absolute Gasteiger partial charge is 0.265 e. The molecule has 2 aromatic carbocycles. The number of halogens is 4. The Balaban J connectivity index is 1.71. The second-order valence-electron chi connectivity index (χ2n) is 5.32. The first kappa shape index (κ1) is 18.6. The van der Waals surface area contributed by atoms with Crippen LogP contribution in [0, 0.1) is 23.3 Å². The molecule has 0 unspecified atom stereocenters. The maximum Gasteiger partial charge on any atom is 0.265 e. The van der Waals surface area contributed by atoms with Crippen LogP contribution in [-0.2, 0) is 0 Å². The zero-order chi connectivity index (χ0) is 19.6. The van der Waals surface area contributed by atoms with E-state index in [2.05, 4.69) is 10.6 Å². The molecule has 1 aromatic heterocycles. The first-order valence-electron chi connectivity index (χ1n) is 7.46. The van der Waals surface area contributed by atoms with Gasteiger partial charge >= 0.3 is 0 Å². The molecule has 0 saturated carbocycles. The zero-order valence-electron chi connectivity index (χ0n) is 13.4. The minimum atomic E-state index is -0.940. The molecule has 2 amide bonds. The van der Waals surface area contributed by atoms with Crippen molar-refractivity contribution >= 4 is 34.5 Å². The van der Waals surface area contributed by atoms with Crippen molar-refractivity contribution in [2.24, 2.45) is 0 Å². The Kier molecular flexibility index (Phi) is 5.22. The fraction of sp³-hybridized carbons (Fsp3) is 0. The Morgan fingerprint density at radius 2 is 1.07 bits per heavy atom. The molecule has 0 aliphatic carbocycles. The quantitative estimate of drug-likeness (QED) is 0.624. The number of rotatable bonds is 4. The highest BCUT2D eigenvalue weighted by atomic mass is 32.1. The number of amides is 2. The molecular formula is C18H10F4N2O2S. The molecule has 0 radical (unpaired) electrons.